The molecule has 0 saturated carbocycles. The van der Waals surface area contributed by atoms with Crippen LogP contribution in [-0.4, -0.2) is 58.3 Å². The first-order valence-electron chi connectivity index (χ1n) is 9.45. The highest BCUT2D eigenvalue weighted by Gasteiger charge is 2.33. The monoisotopic (exact) mass is 420 g/mol. The van der Waals surface area contributed by atoms with Crippen molar-refractivity contribution in [3.05, 3.63) is 45.9 Å². The van der Waals surface area contributed by atoms with Crippen molar-refractivity contribution in [1.82, 2.24) is 14.9 Å². The van der Waals surface area contributed by atoms with E-state index in [4.69, 9.17) is 16.3 Å². The summed E-state index contributed by atoms with van der Waals surface area (Å²) in [5.41, 5.74) is 2.21. The van der Waals surface area contributed by atoms with Gasteiger partial charge in [-0.15, -0.1) is 0 Å². The van der Waals surface area contributed by atoms with Crippen molar-refractivity contribution in [2.75, 3.05) is 25.0 Å². The van der Waals surface area contributed by atoms with E-state index in [0.717, 1.165) is 5.56 Å². The van der Waals surface area contributed by atoms with Crippen LogP contribution in [0.4, 0.5) is 10.2 Å². The third-order valence-electron chi connectivity index (χ3n) is 5.38. The second-order valence-corrected chi connectivity index (χ2v) is 7.78. The van der Waals surface area contributed by atoms with Gasteiger partial charge in [-0.3, -0.25) is 4.79 Å². The van der Waals surface area contributed by atoms with E-state index < -0.39 is 12.3 Å². The third-order valence-corrected chi connectivity index (χ3v) is 5.75. The minimum atomic E-state index is -1.25. The minimum Gasteiger partial charge on any atom is -0.487 e. The number of hydrogen-bond donors (Lipinski definition) is 1. The first kappa shape index (κ1) is 19.8. The van der Waals surface area contributed by atoms with Crippen molar-refractivity contribution in [3.63, 3.8) is 0 Å². The van der Waals surface area contributed by atoms with Gasteiger partial charge in [0, 0.05) is 37.7 Å². The summed E-state index contributed by atoms with van der Waals surface area (Å²) in [6.07, 6.45) is -1.42. The van der Waals surface area contributed by atoms with Crippen LogP contribution in [0.3, 0.4) is 0 Å². The van der Waals surface area contributed by atoms with Crippen molar-refractivity contribution in [1.29, 1.82) is 0 Å². The molecule has 0 spiro atoms. The van der Waals surface area contributed by atoms with E-state index in [2.05, 4.69) is 9.97 Å². The number of hydrogen-bond acceptors (Lipinski definition) is 6. The van der Waals surface area contributed by atoms with E-state index >= 15 is 0 Å². The summed E-state index contributed by atoms with van der Waals surface area (Å²) < 4.78 is 20.8. The molecule has 9 heteroatoms. The summed E-state index contributed by atoms with van der Waals surface area (Å²) in [6.45, 7) is 2.63. The minimum absolute atomic E-state index is 0.0483. The number of aliphatic hydroxyl groups is 1. The van der Waals surface area contributed by atoms with Gasteiger partial charge in [-0.1, -0.05) is 17.7 Å². The number of carbonyl (C=O) groups excluding carboxylic acids is 1. The van der Waals surface area contributed by atoms with Gasteiger partial charge in [0.1, 0.15) is 29.4 Å². The third kappa shape index (κ3) is 3.74. The Morgan fingerprint density at radius 3 is 2.90 bits per heavy atom. The van der Waals surface area contributed by atoms with E-state index in [9.17, 15) is 14.3 Å². The van der Waals surface area contributed by atoms with Crippen LogP contribution in [0.15, 0.2) is 18.2 Å². The highest BCUT2D eigenvalue weighted by atomic mass is 35.5. The van der Waals surface area contributed by atoms with Gasteiger partial charge in [-0.05, 0) is 24.6 Å². The molecular weight excluding hydrogens is 399 g/mol. The number of aliphatic hydroxyl groups excluding tert-OH is 1. The molecule has 29 heavy (non-hydrogen) atoms. The Bertz CT molecular complexity index is 958. The lowest BCUT2D eigenvalue weighted by Crippen LogP contribution is -2.47. The lowest BCUT2D eigenvalue weighted by atomic mass is 10.0. The first-order chi connectivity index (χ1) is 13.9. The lowest BCUT2D eigenvalue weighted by molar-refractivity contribution is 0.0799. The van der Waals surface area contributed by atoms with Crippen LogP contribution in [0.25, 0.3) is 0 Å². The number of alkyl halides is 1. The maximum atomic E-state index is 14.9. The molecule has 0 unspecified atom stereocenters. The Labute approximate surface area is 173 Å². The van der Waals surface area contributed by atoms with Crippen molar-refractivity contribution >= 4 is 23.3 Å². The highest BCUT2D eigenvalue weighted by molar-refractivity contribution is 6.30. The molecule has 0 bridgehead atoms. The zero-order valence-corrected chi connectivity index (χ0v) is 17.0. The zero-order chi connectivity index (χ0) is 20.7. The normalized spacial score (nSPS) is 21.5. The van der Waals surface area contributed by atoms with Gasteiger partial charge in [0.05, 0.1) is 6.54 Å². The Kier molecular flexibility index (Phi) is 5.31. The first-order valence-corrected chi connectivity index (χ1v) is 9.83. The number of nitrogens with zero attached hydrogens (tertiary/aromatic N) is 4. The Hall–Kier alpha value is -2.45. The Morgan fingerprint density at radius 2 is 2.17 bits per heavy atom. The highest BCUT2D eigenvalue weighted by Crippen LogP contribution is 2.30. The van der Waals surface area contributed by atoms with Crippen molar-refractivity contribution in [2.24, 2.45) is 0 Å². The summed E-state index contributed by atoms with van der Waals surface area (Å²) in [5, 5.41) is 9.56. The molecular formula is C20H22ClFN4O3. The van der Waals surface area contributed by atoms with Crippen LogP contribution in [0.5, 0.6) is 5.75 Å². The molecule has 1 saturated heterocycles. The molecule has 3 heterocycles. The number of fused-ring (bicyclic) bond motifs is 1. The van der Waals surface area contributed by atoms with Gasteiger partial charge >= 0.3 is 0 Å². The Balaban J connectivity index is 1.47. The molecule has 7 nitrogen and oxygen atoms in total. The zero-order valence-electron chi connectivity index (χ0n) is 16.2. The number of rotatable bonds is 4. The molecule has 2 aliphatic heterocycles. The van der Waals surface area contributed by atoms with Crippen LogP contribution in [0.1, 0.15) is 33.7 Å². The number of aromatic nitrogens is 2. The quantitative estimate of drug-likeness (QED) is 0.766. The molecule has 0 aliphatic carbocycles. The fourth-order valence-corrected chi connectivity index (χ4v) is 3.96. The average Bonchev–Trinajstić information content (AvgIpc) is 2.99. The lowest BCUT2D eigenvalue weighted by Gasteiger charge is -2.36. The molecule has 2 aliphatic rings. The number of amides is 1. The summed E-state index contributed by atoms with van der Waals surface area (Å²) in [6, 6.07) is 5.34. The topological polar surface area (TPSA) is 78.8 Å². The summed E-state index contributed by atoms with van der Waals surface area (Å²) in [5.74, 6) is 1.18. The number of anilines is 1. The van der Waals surface area contributed by atoms with Crippen LogP contribution in [0.2, 0.25) is 5.15 Å². The van der Waals surface area contributed by atoms with Crippen molar-refractivity contribution < 1.29 is 19.0 Å². The van der Waals surface area contributed by atoms with Gasteiger partial charge < -0.3 is 19.6 Å². The molecule has 4 rings (SSSR count). The van der Waals surface area contributed by atoms with Crippen molar-refractivity contribution in [2.45, 2.75) is 38.8 Å². The SMILES string of the molecule is Cc1c(Cl)nc(CO)nc1N1CC[C@@H](Oc2ccc3c(c2)C(=O)N(C)C3)[C@@H](F)C1. The smallest absolute Gasteiger partial charge is 0.254 e. The maximum Gasteiger partial charge on any atom is 0.254 e. The van der Waals surface area contributed by atoms with Crippen LogP contribution >= 0.6 is 11.6 Å². The average molecular weight is 421 g/mol. The number of ether oxygens (including phenoxy) is 1. The van der Waals surface area contributed by atoms with Crippen LogP contribution in [0, 0.1) is 6.92 Å². The molecule has 0 radical (unpaired) electrons. The van der Waals surface area contributed by atoms with E-state index in [1.807, 2.05) is 6.07 Å². The number of piperidine rings is 1. The van der Waals surface area contributed by atoms with E-state index in [0.29, 0.717) is 42.2 Å². The standard InChI is InChI=1S/C20H22ClFN4O3/c1-11-18(21)23-17(10-27)24-19(11)26-6-5-16(15(22)9-26)29-13-4-3-12-8-25(2)20(28)14(12)7-13/h3-4,7,15-16,27H,5-6,8-10H2,1-2H3/t15-,16+/m0/s1. The Morgan fingerprint density at radius 1 is 1.38 bits per heavy atom. The predicted octanol–water partition coefficient (Wildman–Crippen LogP) is 2.51. The second kappa shape index (κ2) is 7.76. The molecule has 1 aromatic carbocycles. The van der Waals surface area contributed by atoms with Crippen molar-refractivity contribution in [3.8, 4) is 5.75 Å². The molecule has 1 fully saturated rings. The summed E-state index contributed by atoms with van der Waals surface area (Å²) in [4.78, 5) is 23.9. The molecule has 1 aromatic heterocycles. The predicted molar refractivity (Wildman–Crippen MR) is 106 cm³/mol. The van der Waals surface area contributed by atoms with Gasteiger partial charge in [0.15, 0.2) is 12.0 Å². The number of halogens is 2. The van der Waals surface area contributed by atoms with Gasteiger partial charge in [-0.25, -0.2) is 14.4 Å². The maximum absolute atomic E-state index is 14.9. The number of benzene rings is 1. The molecule has 1 amide bonds. The molecule has 2 atom stereocenters. The van der Waals surface area contributed by atoms with Gasteiger partial charge in [0.2, 0.25) is 0 Å². The van der Waals surface area contributed by atoms with E-state index in [-0.39, 0.29) is 30.0 Å². The number of carbonyl (C=O) groups is 1. The van der Waals surface area contributed by atoms with Gasteiger partial charge in [0.25, 0.3) is 5.91 Å². The van der Waals surface area contributed by atoms with Gasteiger partial charge in [-0.2, -0.15) is 0 Å². The fourth-order valence-electron chi connectivity index (χ4n) is 3.78. The largest absolute Gasteiger partial charge is 0.487 e. The van der Waals surface area contributed by atoms with Crippen LogP contribution in [-0.2, 0) is 13.2 Å². The fraction of sp³-hybridized carbons (Fsp3) is 0.450. The van der Waals surface area contributed by atoms with E-state index in [1.165, 1.54) is 0 Å². The molecule has 154 valence electrons. The summed E-state index contributed by atoms with van der Waals surface area (Å²) in [7, 11) is 1.75. The summed E-state index contributed by atoms with van der Waals surface area (Å²) >= 11 is 6.12. The van der Waals surface area contributed by atoms with Crippen LogP contribution < -0.4 is 9.64 Å². The van der Waals surface area contributed by atoms with E-state index in [1.54, 1.807) is 35.9 Å². The molecule has 1 N–H and O–H groups in total. The molecule has 2 aromatic rings. The second-order valence-electron chi connectivity index (χ2n) is 7.42.